The van der Waals surface area contributed by atoms with E-state index < -0.39 is 0 Å². The van der Waals surface area contributed by atoms with Crippen molar-refractivity contribution in [3.05, 3.63) is 186 Å². The van der Waals surface area contributed by atoms with Crippen LogP contribution in [0.5, 0.6) is 0 Å². The number of rotatable bonds is 11. The maximum absolute atomic E-state index is 2.67. The smallest absolute Gasteiger partial charge is 0.277 e. The van der Waals surface area contributed by atoms with Crippen molar-refractivity contribution < 1.29 is 0 Å². The van der Waals surface area contributed by atoms with Gasteiger partial charge in [-0.15, -0.1) is 22.7 Å². The molecule has 5 heteroatoms. The fourth-order valence-corrected chi connectivity index (χ4v) is 14.7. The van der Waals surface area contributed by atoms with Crippen LogP contribution in [-0.4, -0.2) is 6.71 Å². The minimum atomic E-state index is 0.106. The Hall–Kier alpha value is -6.66. The second-order valence-corrected chi connectivity index (χ2v) is 21.6. The van der Waals surface area contributed by atoms with Gasteiger partial charge in [0.05, 0.1) is 11.4 Å². The number of nitrogens with zero attached hydrogens (tertiary/aromatic N) is 2. The normalized spacial score (nSPS) is 13.0. The zero-order chi connectivity index (χ0) is 46.3. The number of fused-ring (bicyclic) bond motifs is 14. The number of hydrogen-bond acceptors (Lipinski definition) is 4. The number of hydrogen-bond donors (Lipinski definition) is 0. The molecular weight excluding hydrogens is 872 g/mol. The summed E-state index contributed by atoms with van der Waals surface area (Å²) in [7, 11) is 0. The van der Waals surface area contributed by atoms with Crippen LogP contribution in [0.2, 0.25) is 0 Å². The minimum Gasteiger partial charge on any atom is -0.310 e. The molecule has 2 aromatic heterocycles. The highest BCUT2D eigenvalue weighted by Gasteiger charge is 2.47. The highest BCUT2D eigenvalue weighted by molar-refractivity contribution is 7.40. The van der Waals surface area contributed by atoms with Crippen LogP contribution in [0.15, 0.2) is 164 Å². The summed E-state index contributed by atoms with van der Waals surface area (Å²) < 4.78 is 5.62. The summed E-state index contributed by atoms with van der Waals surface area (Å²) in [6.07, 6.45) is 8.73. The van der Waals surface area contributed by atoms with Gasteiger partial charge in [-0.1, -0.05) is 150 Å². The van der Waals surface area contributed by atoms with Gasteiger partial charge in [0.25, 0.3) is 6.71 Å². The summed E-state index contributed by atoms with van der Waals surface area (Å²) in [5.41, 5.74) is 17.3. The molecule has 2 aliphatic heterocycles. The topological polar surface area (TPSA) is 6.48 Å². The van der Waals surface area contributed by atoms with E-state index in [1.807, 2.05) is 22.7 Å². The summed E-state index contributed by atoms with van der Waals surface area (Å²) in [5, 5.41) is 10.6. The predicted octanol–water partition coefficient (Wildman–Crippen LogP) is 17.1. The Bertz CT molecular complexity index is 3790. The fraction of sp³-hybridized carbons (Fsp3) is 0.188. The highest BCUT2D eigenvalue weighted by Crippen LogP contribution is 2.51. The van der Waals surface area contributed by atoms with Crippen molar-refractivity contribution >= 4 is 131 Å². The van der Waals surface area contributed by atoms with Crippen LogP contribution < -0.4 is 24.8 Å². The van der Waals surface area contributed by atoms with Crippen molar-refractivity contribution in [3.63, 3.8) is 0 Å². The van der Waals surface area contributed by atoms with Gasteiger partial charge in [0.1, 0.15) is 0 Å². The van der Waals surface area contributed by atoms with Gasteiger partial charge in [-0.2, -0.15) is 0 Å². The van der Waals surface area contributed by atoms with E-state index >= 15 is 0 Å². The number of aryl methyl sites for hydroxylation is 4. The van der Waals surface area contributed by atoms with Gasteiger partial charge in [-0.3, -0.25) is 0 Å². The molecule has 0 N–H and O–H groups in total. The van der Waals surface area contributed by atoms with E-state index in [1.54, 1.807) is 0 Å². The largest absolute Gasteiger partial charge is 0.310 e. The lowest BCUT2D eigenvalue weighted by Gasteiger charge is -2.42. The first-order valence-corrected chi connectivity index (χ1v) is 27.1. The molecule has 0 amide bonds. The molecule has 0 atom stereocenters. The zero-order valence-corrected chi connectivity index (χ0v) is 41.7. The Balaban J connectivity index is 1.08. The molecule has 0 spiro atoms. The maximum atomic E-state index is 2.67. The third-order valence-corrected chi connectivity index (χ3v) is 17.5. The molecule has 9 aromatic carbocycles. The van der Waals surface area contributed by atoms with Crippen LogP contribution in [0.3, 0.4) is 0 Å². The Morgan fingerprint density at radius 3 is 1.45 bits per heavy atom. The van der Waals surface area contributed by atoms with Crippen LogP contribution >= 0.6 is 22.7 Å². The minimum absolute atomic E-state index is 0.106. The summed E-state index contributed by atoms with van der Waals surface area (Å²) >= 11 is 4.03. The lowest BCUT2D eigenvalue weighted by atomic mass is 9.39. The highest BCUT2D eigenvalue weighted by atomic mass is 32.1. The van der Waals surface area contributed by atoms with Crippen molar-refractivity contribution in [1.29, 1.82) is 0 Å². The molecule has 2 nitrogen and oxygen atoms in total. The molecule has 0 radical (unpaired) electrons. The van der Waals surface area contributed by atoms with E-state index in [4.69, 9.17) is 0 Å². The number of benzene rings is 9. The quantitative estimate of drug-likeness (QED) is 0.0942. The third-order valence-electron chi connectivity index (χ3n) is 15.0. The molecule has 0 saturated heterocycles. The van der Waals surface area contributed by atoms with Crippen molar-refractivity contribution in [2.75, 3.05) is 9.80 Å². The molecule has 0 fully saturated rings. The molecule has 336 valence electrons. The summed E-state index contributed by atoms with van der Waals surface area (Å²) in [6.45, 7) is 9.29. The first-order chi connectivity index (χ1) is 34.0. The molecule has 0 unspecified atom stereocenters. The Labute approximate surface area is 414 Å². The molecule has 0 saturated carbocycles. The molecule has 11 aromatic rings. The zero-order valence-electron chi connectivity index (χ0n) is 40.0. The summed E-state index contributed by atoms with van der Waals surface area (Å²) in [6, 6.07) is 63.8. The van der Waals surface area contributed by atoms with Gasteiger partial charge < -0.3 is 9.80 Å². The van der Waals surface area contributed by atoms with E-state index in [0.29, 0.717) is 0 Å². The second kappa shape index (κ2) is 17.1. The van der Waals surface area contributed by atoms with Crippen LogP contribution in [0, 0.1) is 0 Å². The maximum Gasteiger partial charge on any atom is 0.277 e. The molecule has 69 heavy (non-hydrogen) atoms. The van der Waals surface area contributed by atoms with Crippen LogP contribution in [0.1, 0.15) is 75.6 Å². The van der Waals surface area contributed by atoms with Crippen molar-refractivity contribution in [2.45, 2.75) is 79.1 Å². The Morgan fingerprint density at radius 1 is 0.391 bits per heavy atom. The monoisotopic (exact) mass is 926 g/mol. The van der Waals surface area contributed by atoms with Gasteiger partial charge in [0.15, 0.2) is 0 Å². The Kier molecular flexibility index (Phi) is 10.5. The molecule has 2 aliphatic rings. The van der Waals surface area contributed by atoms with Gasteiger partial charge in [-0.25, -0.2) is 0 Å². The van der Waals surface area contributed by atoms with Crippen LogP contribution in [0.4, 0.5) is 34.1 Å². The van der Waals surface area contributed by atoms with E-state index in [9.17, 15) is 0 Å². The van der Waals surface area contributed by atoms with E-state index in [0.717, 1.165) is 51.4 Å². The summed E-state index contributed by atoms with van der Waals surface area (Å²) in [4.78, 5) is 5.30. The van der Waals surface area contributed by atoms with E-state index in [-0.39, 0.29) is 6.71 Å². The van der Waals surface area contributed by atoms with E-state index in [2.05, 4.69) is 201 Å². The number of thiophene rings is 2. The molecular formula is C64H55BN2S2. The van der Waals surface area contributed by atoms with Crippen LogP contribution in [-0.2, 0) is 25.7 Å². The van der Waals surface area contributed by atoms with Gasteiger partial charge >= 0.3 is 0 Å². The third kappa shape index (κ3) is 6.72. The standard InChI is InChI=1S/C64H55BN2S2/c1-5-14-40-24-30-45(31-25-40)66-56-22-13-23-57-60(56)65(63-61(66)54-36-41(15-6-2)26-34-58(54)68-63)64-62(55-37-42(16-7-3)27-35-59(55)69-64)67(57)46-32-28-43(17-8-4)52(39-46)44-29-33-51-49-20-10-9-18-47(49)48-19-11-12-21-50(48)53(51)38-44/h9-13,18-39H,5-8,14-17H2,1-4H3. The lowest BCUT2D eigenvalue weighted by Crippen LogP contribution is -2.59. The average molecular weight is 927 g/mol. The van der Waals surface area contributed by atoms with Crippen molar-refractivity contribution in [2.24, 2.45) is 0 Å². The van der Waals surface area contributed by atoms with Crippen molar-refractivity contribution in [3.8, 4) is 11.1 Å². The average Bonchev–Trinajstić information content (AvgIpc) is 3.95. The Morgan fingerprint density at radius 2 is 0.884 bits per heavy atom. The summed E-state index contributed by atoms with van der Waals surface area (Å²) in [5.74, 6) is 0. The number of anilines is 6. The van der Waals surface area contributed by atoms with Gasteiger partial charge in [0.2, 0.25) is 0 Å². The SMILES string of the molecule is CCCc1ccc(N2c3cccc4c3B(c3sc5ccc(CCC)cc5c32)c2sc3ccc(CCC)cc3c2N4c2ccc(CCC)c(-c3ccc4c5ccccc5c5ccccc5c4c3)c2)cc1. The van der Waals surface area contributed by atoms with E-state index in [1.165, 1.54) is 135 Å². The first-order valence-electron chi connectivity index (χ1n) is 25.4. The predicted molar refractivity (Wildman–Crippen MR) is 305 cm³/mol. The van der Waals surface area contributed by atoms with Gasteiger partial charge in [0, 0.05) is 52.5 Å². The molecule has 0 aliphatic carbocycles. The fourth-order valence-electron chi connectivity index (χ4n) is 12.1. The second-order valence-electron chi connectivity index (χ2n) is 19.5. The van der Waals surface area contributed by atoms with Crippen molar-refractivity contribution in [1.82, 2.24) is 0 Å². The molecule has 0 bridgehead atoms. The molecule has 13 rings (SSSR count). The lowest BCUT2D eigenvalue weighted by molar-refractivity contribution is 0.922. The van der Waals surface area contributed by atoms with Gasteiger partial charge in [-0.05, 0) is 164 Å². The van der Waals surface area contributed by atoms with Crippen LogP contribution in [0.25, 0.3) is 63.6 Å². The first kappa shape index (κ1) is 42.4. The molecule has 4 heterocycles.